The summed E-state index contributed by atoms with van der Waals surface area (Å²) in [6, 6.07) is 12.7. The Bertz CT molecular complexity index is 1320. The van der Waals surface area contributed by atoms with Crippen molar-refractivity contribution in [2.75, 3.05) is 33.8 Å². The molecule has 5 rings (SSSR count). The molecule has 3 aromatic heterocycles. The van der Waals surface area contributed by atoms with Crippen LogP contribution in [0.1, 0.15) is 39.5 Å². The Balaban J connectivity index is 1.50. The molecule has 1 saturated heterocycles. The highest BCUT2D eigenvalue weighted by Crippen LogP contribution is 2.38. The number of benzene rings is 1. The molecule has 1 aromatic carbocycles. The van der Waals surface area contributed by atoms with E-state index in [9.17, 15) is 4.79 Å². The number of carbonyl (C=O) groups excluding carboxylic acids is 1. The Morgan fingerprint density at radius 1 is 1.21 bits per heavy atom. The topological polar surface area (TPSA) is 50.6 Å². The summed E-state index contributed by atoms with van der Waals surface area (Å²) in [5, 5.41) is 2.35. The molecule has 1 unspecified atom stereocenters. The van der Waals surface area contributed by atoms with Gasteiger partial charge >= 0.3 is 0 Å². The fraction of sp³-hybridized carbons (Fsp3) is 0.385. The standard InChI is InChI=1S/C26H30N4O2S/c1-5-20-19(17-9-6-7-11-21(17)29(20)4)15-30-13-14-32-22(16-30)23-18-10-8-12-27-25(18)33-24(23)26(31)28(2)3/h6-12,22H,5,13-16H2,1-4H3. The van der Waals surface area contributed by atoms with Gasteiger partial charge in [-0.1, -0.05) is 31.2 Å². The summed E-state index contributed by atoms with van der Waals surface area (Å²) in [4.78, 5) is 23.3. The van der Waals surface area contributed by atoms with Crippen LogP contribution in [-0.2, 0) is 24.8 Å². The van der Waals surface area contributed by atoms with Crippen molar-refractivity contribution in [1.82, 2.24) is 19.4 Å². The highest BCUT2D eigenvalue weighted by Gasteiger charge is 2.31. The third-order valence-corrected chi connectivity index (χ3v) is 7.76. The van der Waals surface area contributed by atoms with E-state index in [4.69, 9.17) is 4.74 Å². The van der Waals surface area contributed by atoms with Crippen molar-refractivity contribution in [3.05, 3.63) is 64.3 Å². The zero-order valence-corrected chi connectivity index (χ0v) is 20.5. The van der Waals surface area contributed by atoms with Crippen molar-refractivity contribution in [2.45, 2.75) is 26.0 Å². The molecule has 0 aliphatic carbocycles. The molecule has 0 radical (unpaired) electrons. The van der Waals surface area contributed by atoms with Gasteiger partial charge in [-0.05, 0) is 24.1 Å². The molecule has 0 bridgehead atoms. The number of aryl methyl sites for hydroxylation is 1. The van der Waals surface area contributed by atoms with Gasteiger partial charge in [-0.2, -0.15) is 0 Å². The largest absolute Gasteiger partial charge is 0.371 e. The molecule has 4 aromatic rings. The first-order valence-corrected chi connectivity index (χ1v) is 12.3. The minimum absolute atomic E-state index is 0.0102. The van der Waals surface area contributed by atoms with E-state index in [0.717, 1.165) is 46.7 Å². The molecule has 7 heteroatoms. The maximum absolute atomic E-state index is 13.0. The minimum atomic E-state index is -0.157. The summed E-state index contributed by atoms with van der Waals surface area (Å²) in [7, 11) is 5.76. The lowest BCUT2D eigenvalue weighted by atomic mass is 10.0. The smallest absolute Gasteiger partial charge is 0.263 e. The number of hydrogen-bond donors (Lipinski definition) is 0. The van der Waals surface area contributed by atoms with Gasteiger partial charge in [0.25, 0.3) is 5.91 Å². The molecule has 0 spiro atoms. The van der Waals surface area contributed by atoms with E-state index in [-0.39, 0.29) is 12.0 Å². The average molecular weight is 463 g/mol. The number of morpholine rings is 1. The van der Waals surface area contributed by atoms with Gasteiger partial charge in [0.1, 0.15) is 9.71 Å². The van der Waals surface area contributed by atoms with Crippen molar-refractivity contribution < 1.29 is 9.53 Å². The molecule has 1 aliphatic rings. The minimum Gasteiger partial charge on any atom is -0.371 e. The number of aromatic nitrogens is 2. The highest BCUT2D eigenvalue weighted by atomic mass is 32.1. The first kappa shape index (κ1) is 22.1. The molecule has 1 amide bonds. The number of rotatable bonds is 5. The fourth-order valence-electron chi connectivity index (χ4n) is 5.03. The maximum atomic E-state index is 13.0. The summed E-state index contributed by atoms with van der Waals surface area (Å²) in [5.41, 5.74) is 5.05. The number of pyridine rings is 1. The third-order valence-electron chi connectivity index (χ3n) is 6.64. The Kier molecular flexibility index (Phi) is 5.95. The molecule has 6 nitrogen and oxygen atoms in total. The maximum Gasteiger partial charge on any atom is 0.263 e. The molecule has 1 atom stereocenters. The average Bonchev–Trinajstić information content (AvgIpc) is 3.34. The number of ether oxygens (including phenoxy) is 1. The molecule has 0 N–H and O–H groups in total. The lowest BCUT2D eigenvalue weighted by Gasteiger charge is -2.33. The molecule has 172 valence electrons. The van der Waals surface area contributed by atoms with Crippen molar-refractivity contribution >= 4 is 38.4 Å². The zero-order chi connectivity index (χ0) is 23.1. The summed E-state index contributed by atoms with van der Waals surface area (Å²) in [6.07, 6.45) is 2.62. The Morgan fingerprint density at radius 2 is 2.00 bits per heavy atom. The predicted molar refractivity (Wildman–Crippen MR) is 134 cm³/mol. The van der Waals surface area contributed by atoms with E-state index >= 15 is 0 Å². The zero-order valence-electron chi connectivity index (χ0n) is 19.7. The van der Waals surface area contributed by atoms with Gasteiger partial charge in [0, 0.05) is 74.5 Å². The van der Waals surface area contributed by atoms with Gasteiger partial charge in [0.15, 0.2) is 0 Å². The second kappa shape index (κ2) is 8.89. The molecule has 33 heavy (non-hydrogen) atoms. The van der Waals surface area contributed by atoms with Gasteiger partial charge < -0.3 is 14.2 Å². The summed E-state index contributed by atoms with van der Waals surface area (Å²) in [5.74, 6) is 0.0102. The fourth-order valence-corrected chi connectivity index (χ4v) is 6.24. The number of hydrogen-bond acceptors (Lipinski definition) is 5. The molecule has 0 saturated carbocycles. The molecule has 4 heterocycles. The highest BCUT2D eigenvalue weighted by molar-refractivity contribution is 7.20. The number of para-hydroxylation sites is 1. The van der Waals surface area contributed by atoms with Crippen LogP contribution in [0.25, 0.3) is 21.1 Å². The number of thiophene rings is 1. The Labute approximate surface area is 198 Å². The summed E-state index contributed by atoms with van der Waals surface area (Å²) >= 11 is 1.47. The van der Waals surface area contributed by atoms with Crippen LogP contribution in [0, 0.1) is 0 Å². The lowest BCUT2D eigenvalue weighted by molar-refractivity contribution is -0.0323. The second-order valence-corrected chi connectivity index (χ2v) is 9.85. The Hall–Kier alpha value is -2.74. The summed E-state index contributed by atoms with van der Waals surface area (Å²) in [6.45, 7) is 5.37. The predicted octanol–water partition coefficient (Wildman–Crippen LogP) is 4.63. The van der Waals surface area contributed by atoms with Crippen LogP contribution in [-0.4, -0.2) is 59.0 Å². The van der Waals surface area contributed by atoms with Crippen LogP contribution < -0.4 is 0 Å². The van der Waals surface area contributed by atoms with Gasteiger partial charge in [-0.3, -0.25) is 9.69 Å². The molecule has 1 aliphatic heterocycles. The second-order valence-electron chi connectivity index (χ2n) is 8.85. The van der Waals surface area contributed by atoms with Crippen molar-refractivity contribution in [3.8, 4) is 0 Å². The van der Waals surface area contributed by atoms with E-state index in [1.807, 2.05) is 6.07 Å². The summed E-state index contributed by atoms with van der Waals surface area (Å²) < 4.78 is 8.61. The number of nitrogens with zero attached hydrogens (tertiary/aromatic N) is 4. The van der Waals surface area contributed by atoms with E-state index in [1.54, 1.807) is 25.2 Å². The van der Waals surface area contributed by atoms with E-state index in [0.29, 0.717) is 6.61 Å². The Morgan fingerprint density at radius 3 is 2.79 bits per heavy atom. The van der Waals surface area contributed by atoms with Crippen molar-refractivity contribution in [2.24, 2.45) is 7.05 Å². The normalized spacial score (nSPS) is 17.2. The van der Waals surface area contributed by atoms with Crippen LogP contribution in [0.4, 0.5) is 0 Å². The molecular formula is C26H30N4O2S. The quantitative estimate of drug-likeness (QED) is 0.434. The van der Waals surface area contributed by atoms with E-state index in [2.05, 4.69) is 58.8 Å². The van der Waals surface area contributed by atoms with Crippen molar-refractivity contribution in [3.63, 3.8) is 0 Å². The van der Waals surface area contributed by atoms with Gasteiger partial charge in [-0.25, -0.2) is 4.98 Å². The number of fused-ring (bicyclic) bond motifs is 2. The monoisotopic (exact) mass is 462 g/mol. The van der Waals surface area contributed by atoms with Gasteiger partial charge in [0.05, 0.1) is 12.7 Å². The lowest BCUT2D eigenvalue weighted by Crippen LogP contribution is -2.38. The van der Waals surface area contributed by atoms with Crippen LogP contribution in [0.2, 0.25) is 0 Å². The first-order valence-electron chi connectivity index (χ1n) is 11.5. The molecule has 1 fully saturated rings. The first-order chi connectivity index (χ1) is 16.0. The third kappa shape index (κ3) is 3.84. The van der Waals surface area contributed by atoms with Gasteiger partial charge in [-0.15, -0.1) is 11.3 Å². The van der Waals surface area contributed by atoms with Crippen LogP contribution >= 0.6 is 11.3 Å². The van der Waals surface area contributed by atoms with Crippen molar-refractivity contribution in [1.29, 1.82) is 0 Å². The number of carbonyl (C=O) groups is 1. The van der Waals surface area contributed by atoms with E-state index < -0.39 is 0 Å². The van der Waals surface area contributed by atoms with Crippen LogP contribution in [0.3, 0.4) is 0 Å². The molecular weight excluding hydrogens is 432 g/mol. The van der Waals surface area contributed by atoms with Crippen LogP contribution in [0.5, 0.6) is 0 Å². The van der Waals surface area contributed by atoms with Gasteiger partial charge in [0.2, 0.25) is 0 Å². The number of amides is 1. The SMILES string of the molecule is CCc1c(CN2CCOC(c3c(C(=O)N(C)C)sc4ncccc34)C2)c2ccccc2n1C. The van der Waals surface area contributed by atoms with E-state index in [1.165, 1.54) is 33.5 Å². The van der Waals surface area contributed by atoms with Crippen LogP contribution in [0.15, 0.2) is 42.6 Å².